The third-order valence-corrected chi connectivity index (χ3v) is 5.06. The van der Waals surface area contributed by atoms with Crippen LogP contribution in [-0.2, 0) is 0 Å². The molecule has 0 saturated heterocycles. The minimum Gasteiger partial charge on any atom is -0.393 e. The Kier molecular flexibility index (Phi) is 4.33. The van der Waals surface area contributed by atoms with Gasteiger partial charge in [-0.25, -0.2) is 0 Å². The Bertz CT molecular complexity index is 446. The summed E-state index contributed by atoms with van der Waals surface area (Å²) in [7, 11) is 0. The van der Waals surface area contributed by atoms with Gasteiger partial charge < -0.3 is 10.2 Å². The van der Waals surface area contributed by atoms with Gasteiger partial charge in [-0.05, 0) is 56.8 Å². The smallest absolute Gasteiger partial charge is 0.119 e. The van der Waals surface area contributed by atoms with E-state index < -0.39 is 5.60 Å². The molecule has 2 rings (SSSR count). The summed E-state index contributed by atoms with van der Waals surface area (Å²) >= 11 is 0. The zero-order valence-electron chi connectivity index (χ0n) is 13.2. The predicted molar refractivity (Wildman–Crippen MR) is 82.0 cm³/mol. The summed E-state index contributed by atoms with van der Waals surface area (Å²) < 4.78 is 0. The van der Waals surface area contributed by atoms with Crippen LogP contribution in [0.2, 0.25) is 0 Å². The van der Waals surface area contributed by atoms with Crippen LogP contribution >= 0.6 is 0 Å². The topological polar surface area (TPSA) is 40.5 Å². The van der Waals surface area contributed by atoms with Gasteiger partial charge in [-0.2, -0.15) is 0 Å². The Hall–Kier alpha value is -0.780. The van der Waals surface area contributed by atoms with Crippen molar-refractivity contribution in [1.29, 1.82) is 0 Å². The molecule has 2 nitrogen and oxygen atoms in total. The number of hydrogen-bond acceptors (Lipinski definition) is 2. The summed E-state index contributed by atoms with van der Waals surface area (Å²) in [5.74, 6) is 6.83. The minimum atomic E-state index is -0.906. The number of fused-ring (bicyclic) bond motifs is 1. The lowest BCUT2D eigenvalue weighted by Crippen LogP contribution is -2.39. The van der Waals surface area contributed by atoms with Gasteiger partial charge in [0, 0.05) is 6.42 Å². The van der Waals surface area contributed by atoms with E-state index in [4.69, 9.17) is 0 Å². The van der Waals surface area contributed by atoms with Crippen molar-refractivity contribution in [3.8, 4) is 11.8 Å². The van der Waals surface area contributed by atoms with Gasteiger partial charge >= 0.3 is 0 Å². The van der Waals surface area contributed by atoms with Crippen molar-refractivity contribution in [2.24, 2.45) is 17.3 Å². The third kappa shape index (κ3) is 3.10. The summed E-state index contributed by atoms with van der Waals surface area (Å²) in [5.41, 5.74) is 0.733. The van der Waals surface area contributed by atoms with Crippen LogP contribution < -0.4 is 0 Å². The lowest BCUT2D eigenvalue weighted by atomic mass is 9.63. The number of rotatable bonds is 2. The van der Waals surface area contributed by atoms with Crippen molar-refractivity contribution in [1.82, 2.24) is 0 Å². The van der Waals surface area contributed by atoms with Gasteiger partial charge in [-0.15, -0.1) is 0 Å². The van der Waals surface area contributed by atoms with Gasteiger partial charge in [0.2, 0.25) is 0 Å². The van der Waals surface area contributed by atoms with Crippen LogP contribution in [0.4, 0.5) is 0 Å². The molecule has 0 heterocycles. The molecule has 112 valence electrons. The van der Waals surface area contributed by atoms with E-state index in [1.54, 1.807) is 13.8 Å². The van der Waals surface area contributed by atoms with Crippen molar-refractivity contribution >= 4 is 0 Å². The summed E-state index contributed by atoms with van der Waals surface area (Å²) in [6.07, 6.45) is 7.25. The first-order valence-electron chi connectivity index (χ1n) is 7.85. The van der Waals surface area contributed by atoms with Gasteiger partial charge in [0.1, 0.15) is 5.60 Å². The van der Waals surface area contributed by atoms with Crippen molar-refractivity contribution in [2.75, 3.05) is 0 Å². The molecule has 0 bridgehead atoms. The minimum absolute atomic E-state index is 0.142. The van der Waals surface area contributed by atoms with Gasteiger partial charge in [0.05, 0.1) is 6.10 Å². The molecule has 0 aromatic rings. The second-order valence-electron chi connectivity index (χ2n) is 7.34. The molecule has 0 unspecified atom stereocenters. The fourth-order valence-corrected chi connectivity index (χ4v) is 4.05. The molecule has 0 spiro atoms. The highest BCUT2D eigenvalue weighted by molar-refractivity contribution is 5.27. The maximum Gasteiger partial charge on any atom is 0.119 e. The highest BCUT2D eigenvalue weighted by Gasteiger charge is 2.47. The Morgan fingerprint density at radius 3 is 2.85 bits per heavy atom. The van der Waals surface area contributed by atoms with E-state index in [9.17, 15) is 10.2 Å². The lowest BCUT2D eigenvalue weighted by Gasteiger charge is -2.43. The van der Waals surface area contributed by atoms with Gasteiger partial charge in [-0.1, -0.05) is 37.3 Å². The number of hydrogen-bond donors (Lipinski definition) is 2. The molecular weight excluding hydrogens is 248 g/mol. The van der Waals surface area contributed by atoms with Crippen LogP contribution in [0.5, 0.6) is 0 Å². The first-order chi connectivity index (χ1) is 9.24. The second-order valence-corrected chi connectivity index (χ2v) is 7.34. The van der Waals surface area contributed by atoms with Crippen molar-refractivity contribution in [2.45, 2.75) is 71.5 Å². The fourth-order valence-electron chi connectivity index (χ4n) is 4.05. The van der Waals surface area contributed by atoms with E-state index in [0.717, 1.165) is 25.7 Å². The van der Waals surface area contributed by atoms with E-state index in [0.29, 0.717) is 11.8 Å². The van der Waals surface area contributed by atoms with Crippen molar-refractivity contribution in [3.05, 3.63) is 11.6 Å². The Labute approximate surface area is 123 Å². The van der Waals surface area contributed by atoms with E-state index in [-0.39, 0.29) is 11.5 Å². The molecule has 1 fully saturated rings. The normalized spacial score (nSPS) is 34.8. The molecule has 2 aliphatic rings. The molecule has 0 aromatic heterocycles. The second kappa shape index (κ2) is 5.54. The highest BCUT2D eigenvalue weighted by Crippen LogP contribution is 2.54. The zero-order chi connectivity index (χ0) is 15.0. The van der Waals surface area contributed by atoms with Crippen LogP contribution in [0.1, 0.15) is 59.8 Å². The Balaban J connectivity index is 2.07. The van der Waals surface area contributed by atoms with Crippen LogP contribution in [0.3, 0.4) is 0 Å². The molecule has 1 saturated carbocycles. The molecule has 2 aliphatic carbocycles. The van der Waals surface area contributed by atoms with E-state index in [1.807, 2.05) is 0 Å². The van der Waals surface area contributed by atoms with Gasteiger partial charge in [0.25, 0.3) is 0 Å². The maximum atomic E-state index is 10.2. The van der Waals surface area contributed by atoms with E-state index in [1.165, 1.54) is 12.0 Å². The fraction of sp³-hybridized carbons (Fsp3) is 0.778. The predicted octanol–water partition coefficient (Wildman–Crippen LogP) is 3.28. The first-order valence-corrected chi connectivity index (χ1v) is 7.85. The van der Waals surface area contributed by atoms with Crippen LogP contribution in [0.25, 0.3) is 0 Å². The first kappa shape index (κ1) is 15.6. The van der Waals surface area contributed by atoms with Crippen molar-refractivity contribution in [3.63, 3.8) is 0 Å². The van der Waals surface area contributed by atoms with Gasteiger partial charge in [0.15, 0.2) is 0 Å². The number of allylic oxidation sites excluding steroid dienone is 2. The monoisotopic (exact) mass is 276 g/mol. The van der Waals surface area contributed by atoms with Crippen LogP contribution in [0.15, 0.2) is 11.6 Å². The quantitative estimate of drug-likeness (QED) is 0.600. The zero-order valence-corrected chi connectivity index (χ0v) is 13.2. The number of aliphatic hydroxyl groups excluding tert-OH is 1. The maximum absolute atomic E-state index is 10.2. The average molecular weight is 276 g/mol. The largest absolute Gasteiger partial charge is 0.393 e. The molecular formula is C18H28O2. The van der Waals surface area contributed by atoms with Gasteiger partial charge in [-0.3, -0.25) is 0 Å². The lowest BCUT2D eigenvalue weighted by molar-refractivity contribution is 0.00809. The summed E-state index contributed by atoms with van der Waals surface area (Å²) in [6, 6.07) is 0. The SMILES string of the molecule is C[C@H](CC#CC(C)(C)O)C1=CC[C@@H]2[C@H](O)CCC[C@@]12C. The van der Waals surface area contributed by atoms with E-state index in [2.05, 4.69) is 31.8 Å². The summed E-state index contributed by atoms with van der Waals surface area (Å²) in [6.45, 7) is 7.97. The molecule has 20 heavy (non-hydrogen) atoms. The average Bonchev–Trinajstić information content (AvgIpc) is 2.66. The molecule has 0 aromatic carbocycles. The molecule has 0 aliphatic heterocycles. The Morgan fingerprint density at radius 2 is 2.20 bits per heavy atom. The molecule has 0 amide bonds. The highest BCUT2D eigenvalue weighted by atomic mass is 16.3. The summed E-state index contributed by atoms with van der Waals surface area (Å²) in [4.78, 5) is 0. The van der Waals surface area contributed by atoms with Crippen molar-refractivity contribution < 1.29 is 10.2 Å². The van der Waals surface area contributed by atoms with Crippen LogP contribution in [-0.4, -0.2) is 21.9 Å². The Morgan fingerprint density at radius 1 is 1.50 bits per heavy atom. The number of aliphatic hydroxyl groups is 2. The molecule has 2 heteroatoms. The standard InChI is InChI=1S/C18H28O2/c1-13(7-5-11-17(2,3)20)14-9-10-15-16(19)8-6-12-18(14,15)4/h9,13,15-16,19-20H,6-8,10,12H2,1-4H3/t13-,15-,16-,18+/m1/s1. The molecule has 0 radical (unpaired) electrons. The van der Waals surface area contributed by atoms with Crippen LogP contribution in [0, 0.1) is 29.1 Å². The summed E-state index contributed by atoms with van der Waals surface area (Å²) in [5, 5.41) is 19.9. The molecule has 4 atom stereocenters. The third-order valence-electron chi connectivity index (χ3n) is 5.06. The van der Waals surface area contributed by atoms with E-state index >= 15 is 0 Å². The molecule has 2 N–H and O–H groups in total.